The number of nitrogens with zero attached hydrogens (tertiary/aromatic N) is 4. The van der Waals surface area contributed by atoms with Crippen LogP contribution in [-0.2, 0) is 5.41 Å². The van der Waals surface area contributed by atoms with Crippen molar-refractivity contribution in [3.8, 4) is 17.2 Å². The number of hydrogen-bond donors (Lipinski definition) is 4. The summed E-state index contributed by atoms with van der Waals surface area (Å²) in [6.07, 6.45) is 3.25. The fraction of sp³-hybridized carbons (Fsp3) is 0.179. The summed E-state index contributed by atoms with van der Waals surface area (Å²) >= 11 is 0. The van der Waals surface area contributed by atoms with Crippen LogP contribution in [0.25, 0.3) is 16.6 Å². The molecule has 11 heteroatoms. The molecule has 198 valence electrons. The molecule has 0 fully saturated rings. The topological polar surface area (TPSA) is 139 Å². The van der Waals surface area contributed by atoms with Gasteiger partial charge in [-0.3, -0.25) is 20.2 Å². The molecule has 39 heavy (non-hydrogen) atoms. The first-order valence-electron chi connectivity index (χ1n) is 12.3. The molecule has 5 rings (SSSR count). The smallest absolute Gasteiger partial charge is 0.324 e. The van der Waals surface area contributed by atoms with Crippen molar-refractivity contribution in [2.45, 2.75) is 26.2 Å². The van der Waals surface area contributed by atoms with E-state index in [0.29, 0.717) is 23.0 Å². The lowest BCUT2D eigenvalue weighted by Crippen LogP contribution is -2.21. The summed E-state index contributed by atoms with van der Waals surface area (Å²) < 4.78 is 7.54. The van der Waals surface area contributed by atoms with E-state index < -0.39 is 6.03 Å². The molecule has 0 unspecified atom stereocenters. The van der Waals surface area contributed by atoms with Crippen LogP contribution < -0.4 is 20.7 Å². The zero-order chi connectivity index (χ0) is 27.6. The Morgan fingerprint density at radius 2 is 1.74 bits per heavy atom. The summed E-state index contributed by atoms with van der Waals surface area (Å²) in [5, 5.41) is 21.0. The van der Waals surface area contributed by atoms with Gasteiger partial charge in [0, 0.05) is 41.9 Å². The largest absolute Gasteiger partial charge is 0.457 e. The number of urea groups is 1. The van der Waals surface area contributed by atoms with Gasteiger partial charge in [-0.05, 0) is 48.5 Å². The van der Waals surface area contributed by atoms with E-state index in [1.54, 1.807) is 47.3 Å². The van der Waals surface area contributed by atoms with Crippen molar-refractivity contribution in [3.63, 3.8) is 0 Å². The minimum absolute atomic E-state index is 0.219. The summed E-state index contributed by atoms with van der Waals surface area (Å²) in [7, 11) is 1.54. The van der Waals surface area contributed by atoms with Crippen LogP contribution in [-0.4, -0.2) is 43.9 Å². The molecule has 0 bridgehead atoms. The Hall–Kier alpha value is -5.19. The minimum atomic E-state index is -0.418. The number of amides is 3. The van der Waals surface area contributed by atoms with Gasteiger partial charge < -0.3 is 15.4 Å². The van der Waals surface area contributed by atoms with Crippen LogP contribution in [0.4, 0.5) is 16.3 Å². The highest BCUT2D eigenvalue weighted by atomic mass is 16.5. The summed E-state index contributed by atoms with van der Waals surface area (Å²) in [6, 6.07) is 17.4. The fourth-order valence-corrected chi connectivity index (χ4v) is 3.84. The highest BCUT2D eigenvalue weighted by molar-refractivity contribution is 5.99. The van der Waals surface area contributed by atoms with E-state index in [0.717, 1.165) is 22.3 Å². The van der Waals surface area contributed by atoms with Crippen molar-refractivity contribution in [2.24, 2.45) is 0 Å². The third-order valence-electron chi connectivity index (χ3n) is 5.93. The van der Waals surface area contributed by atoms with E-state index in [2.05, 4.69) is 51.9 Å². The molecule has 0 saturated heterocycles. The van der Waals surface area contributed by atoms with E-state index in [-0.39, 0.29) is 17.0 Å². The molecular weight excluding hydrogens is 496 g/mol. The Morgan fingerprint density at radius 3 is 2.49 bits per heavy atom. The van der Waals surface area contributed by atoms with Crippen LogP contribution in [0.15, 0.2) is 73.1 Å². The molecule has 4 N–H and O–H groups in total. The minimum Gasteiger partial charge on any atom is -0.457 e. The maximum absolute atomic E-state index is 12.9. The number of anilines is 2. The van der Waals surface area contributed by atoms with Gasteiger partial charge in [0.05, 0.1) is 23.1 Å². The SMILES string of the molecule is CNC(=O)c1cc(Oc2ccc(NC(=O)Nc3cc(C(C)(C)C)nn3-c3ccc4[nH]ncc4c3)cc2)ccn1. The number of H-pyrrole nitrogens is 1. The number of fused-ring (bicyclic) bond motifs is 1. The molecule has 0 aliphatic rings. The molecule has 3 heterocycles. The normalized spacial score (nSPS) is 11.3. The summed E-state index contributed by atoms with van der Waals surface area (Å²) in [5.74, 6) is 1.24. The van der Waals surface area contributed by atoms with Gasteiger partial charge in [0.1, 0.15) is 23.0 Å². The van der Waals surface area contributed by atoms with E-state index in [1.807, 2.05) is 24.3 Å². The first-order valence-corrected chi connectivity index (χ1v) is 12.3. The number of benzene rings is 2. The fourth-order valence-electron chi connectivity index (χ4n) is 3.84. The molecule has 2 aromatic carbocycles. The van der Waals surface area contributed by atoms with Crippen LogP contribution in [0.1, 0.15) is 37.0 Å². The number of nitrogens with one attached hydrogen (secondary N) is 4. The molecular formula is C28H28N8O3. The van der Waals surface area contributed by atoms with Gasteiger partial charge in [-0.2, -0.15) is 10.2 Å². The van der Waals surface area contributed by atoms with Crippen molar-refractivity contribution in [2.75, 3.05) is 17.7 Å². The van der Waals surface area contributed by atoms with E-state index >= 15 is 0 Å². The molecule has 0 radical (unpaired) electrons. The van der Waals surface area contributed by atoms with Gasteiger partial charge in [-0.1, -0.05) is 20.8 Å². The first-order chi connectivity index (χ1) is 18.7. The quantitative estimate of drug-likeness (QED) is 0.240. The van der Waals surface area contributed by atoms with Crippen molar-refractivity contribution in [3.05, 3.63) is 84.4 Å². The zero-order valence-corrected chi connectivity index (χ0v) is 21.9. The second-order valence-corrected chi connectivity index (χ2v) is 9.88. The lowest BCUT2D eigenvalue weighted by atomic mass is 9.92. The number of aromatic amines is 1. The van der Waals surface area contributed by atoms with Crippen molar-refractivity contribution in [1.82, 2.24) is 30.3 Å². The van der Waals surface area contributed by atoms with Crippen LogP contribution >= 0.6 is 0 Å². The van der Waals surface area contributed by atoms with Crippen LogP contribution in [0.2, 0.25) is 0 Å². The second kappa shape index (κ2) is 10.3. The standard InChI is InChI=1S/C28H28N8O3/c1-28(2,3)24-15-25(36(35-24)19-7-10-22-17(13-19)16-31-34-22)33-27(38)32-18-5-8-20(9-6-18)39-21-11-12-30-23(14-21)26(37)29-4/h5-16H,1-4H3,(H,29,37)(H,31,34)(H2,32,33,38). The third kappa shape index (κ3) is 5.72. The van der Waals surface area contributed by atoms with Gasteiger partial charge in [0.25, 0.3) is 5.91 Å². The first kappa shape index (κ1) is 25.5. The highest BCUT2D eigenvalue weighted by Gasteiger charge is 2.22. The number of carbonyl (C=O) groups excluding carboxylic acids is 2. The van der Waals surface area contributed by atoms with Crippen molar-refractivity contribution in [1.29, 1.82) is 0 Å². The molecule has 5 aromatic rings. The molecule has 0 aliphatic heterocycles. The predicted octanol–water partition coefficient (Wildman–Crippen LogP) is 5.24. The van der Waals surface area contributed by atoms with Crippen LogP contribution in [0.3, 0.4) is 0 Å². The average Bonchev–Trinajstić information content (AvgIpc) is 3.56. The van der Waals surface area contributed by atoms with Gasteiger partial charge in [-0.25, -0.2) is 9.48 Å². The highest BCUT2D eigenvalue weighted by Crippen LogP contribution is 2.28. The molecule has 0 spiro atoms. The number of aromatic nitrogens is 5. The maximum Gasteiger partial charge on any atom is 0.324 e. The lowest BCUT2D eigenvalue weighted by molar-refractivity contribution is 0.0957. The number of rotatable bonds is 6. The van der Waals surface area contributed by atoms with Gasteiger partial charge >= 0.3 is 6.03 Å². The van der Waals surface area contributed by atoms with E-state index in [9.17, 15) is 9.59 Å². The molecule has 3 aromatic heterocycles. The van der Waals surface area contributed by atoms with E-state index in [4.69, 9.17) is 9.84 Å². The molecule has 0 atom stereocenters. The Labute approximate surface area is 224 Å². The Kier molecular flexibility index (Phi) is 6.72. The molecule has 0 aliphatic carbocycles. The molecule has 0 saturated carbocycles. The second-order valence-electron chi connectivity index (χ2n) is 9.88. The Bertz CT molecular complexity index is 1650. The number of pyridine rings is 1. The summed E-state index contributed by atoms with van der Waals surface area (Å²) in [4.78, 5) is 28.8. The number of hydrogen-bond acceptors (Lipinski definition) is 6. The van der Waals surface area contributed by atoms with Gasteiger partial charge in [0.15, 0.2) is 0 Å². The number of ether oxygens (including phenoxy) is 1. The monoisotopic (exact) mass is 524 g/mol. The van der Waals surface area contributed by atoms with Crippen molar-refractivity contribution >= 4 is 34.3 Å². The molecule has 11 nitrogen and oxygen atoms in total. The lowest BCUT2D eigenvalue weighted by Gasteiger charge is -2.14. The van der Waals surface area contributed by atoms with Crippen molar-refractivity contribution < 1.29 is 14.3 Å². The Morgan fingerprint density at radius 1 is 0.949 bits per heavy atom. The van der Waals surface area contributed by atoms with E-state index in [1.165, 1.54) is 13.2 Å². The average molecular weight is 525 g/mol. The third-order valence-corrected chi connectivity index (χ3v) is 5.93. The zero-order valence-electron chi connectivity index (χ0n) is 21.9. The van der Waals surface area contributed by atoms with Crippen LogP contribution in [0.5, 0.6) is 11.5 Å². The maximum atomic E-state index is 12.9. The molecule has 3 amide bonds. The Balaban J connectivity index is 1.30. The van der Waals surface area contributed by atoms with Gasteiger partial charge in [-0.15, -0.1) is 0 Å². The van der Waals surface area contributed by atoms with Crippen LogP contribution in [0, 0.1) is 0 Å². The predicted molar refractivity (Wildman–Crippen MR) is 149 cm³/mol. The number of carbonyl (C=O) groups is 2. The van der Waals surface area contributed by atoms with Gasteiger partial charge in [0.2, 0.25) is 0 Å². The summed E-state index contributed by atoms with van der Waals surface area (Å²) in [5.41, 5.74) is 3.15. The summed E-state index contributed by atoms with van der Waals surface area (Å²) in [6.45, 7) is 6.20.